The largest absolute Gasteiger partial charge is 1.00 e. The lowest BCUT2D eigenvalue weighted by atomic mass is 10.1. The molecule has 0 saturated heterocycles. The summed E-state index contributed by atoms with van der Waals surface area (Å²) in [6, 6.07) is 6.28. The number of carboxylic acid groups (broad SMARTS) is 1. The van der Waals surface area contributed by atoms with Crippen molar-refractivity contribution in [1.82, 2.24) is 10.4 Å². The van der Waals surface area contributed by atoms with Crippen molar-refractivity contribution in [2.75, 3.05) is 0 Å². The van der Waals surface area contributed by atoms with Gasteiger partial charge >= 0.3 is 5.97 Å². The number of nitrogens with one attached hydrogen (secondary N) is 1. The van der Waals surface area contributed by atoms with Crippen LogP contribution in [0.5, 0.6) is 0 Å². The molecule has 2 aromatic rings. The van der Waals surface area contributed by atoms with Gasteiger partial charge in [-0.1, -0.05) is 22.9 Å². The highest BCUT2D eigenvalue weighted by Crippen LogP contribution is 2.14. The van der Waals surface area contributed by atoms with Crippen LogP contribution in [0.15, 0.2) is 30.5 Å². The minimum absolute atomic E-state index is 0. The quantitative estimate of drug-likeness (QED) is 0.443. The fourth-order valence-electron chi connectivity index (χ4n) is 1.76. The number of carboxylic acids is 1. The van der Waals surface area contributed by atoms with Crippen LogP contribution in [0, 0.1) is 0 Å². The SMILES string of the molecule is C[C@@H](NC(=O)c1c[n+](C)nc2ccccc12)C(=O)O.[I-]. The van der Waals surface area contributed by atoms with E-state index in [4.69, 9.17) is 5.11 Å². The molecule has 1 amide bonds. The Balaban J connectivity index is 0.00000200. The molecule has 0 unspecified atom stereocenters. The predicted octanol–water partition coefficient (Wildman–Crippen LogP) is -2.73. The average Bonchev–Trinajstić information content (AvgIpc) is 2.37. The summed E-state index contributed by atoms with van der Waals surface area (Å²) in [5, 5.41) is 16.2. The number of hydrogen-bond acceptors (Lipinski definition) is 3. The third-order valence-corrected chi connectivity index (χ3v) is 2.74. The van der Waals surface area contributed by atoms with Gasteiger partial charge in [-0.25, -0.2) is 0 Å². The first-order valence-electron chi connectivity index (χ1n) is 5.78. The van der Waals surface area contributed by atoms with E-state index in [2.05, 4.69) is 10.4 Å². The summed E-state index contributed by atoms with van der Waals surface area (Å²) in [4.78, 5) is 22.9. The van der Waals surface area contributed by atoms with Gasteiger partial charge < -0.3 is 34.4 Å². The minimum atomic E-state index is -1.07. The van der Waals surface area contributed by atoms with Gasteiger partial charge in [0.15, 0.2) is 7.05 Å². The summed E-state index contributed by atoms with van der Waals surface area (Å²) in [5.41, 5.74) is 1.09. The van der Waals surface area contributed by atoms with Crippen molar-refractivity contribution in [3.63, 3.8) is 0 Å². The number of benzene rings is 1. The summed E-state index contributed by atoms with van der Waals surface area (Å²) < 4.78 is 1.53. The van der Waals surface area contributed by atoms with E-state index in [1.165, 1.54) is 11.6 Å². The molecule has 0 spiro atoms. The van der Waals surface area contributed by atoms with Crippen molar-refractivity contribution in [3.8, 4) is 0 Å². The molecule has 0 aliphatic rings. The fourth-order valence-corrected chi connectivity index (χ4v) is 1.76. The second-order valence-electron chi connectivity index (χ2n) is 4.27. The van der Waals surface area contributed by atoms with Crippen molar-refractivity contribution in [2.45, 2.75) is 13.0 Å². The van der Waals surface area contributed by atoms with Gasteiger partial charge in [0.1, 0.15) is 17.1 Å². The van der Waals surface area contributed by atoms with Crippen LogP contribution in [0.25, 0.3) is 10.9 Å². The second-order valence-corrected chi connectivity index (χ2v) is 4.27. The Morgan fingerprint density at radius 2 is 2.00 bits per heavy atom. The monoisotopic (exact) mass is 387 g/mol. The molecule has 7 heteroatoms. The number of hydrogen-bond donors (Lipinski definition) is 2. The highest BCUT2D eigenvalue weighted by atomic mass is 127. The first kappa shape index (κ1) is 16.3. The number of fused-ring (bicyclic) bond motifs is 1. The maximum atomic E-state index is 12.1. The van der Waals surface area contributed by atoms with Gasteiger partial charge in [0.05, 0.1) is 0 Å². The zero-order valence-electron chi connectivity index (χ0n) is 11.0. The molecule has 0 fully saturated rings. The van der Waals surface area contributed by atoms with Crippen LogP contribution in [-0.2, 0) is 11.8 Å². The summed E-state index contributed by atoms with van der Waals surface area (Å²) in [7, 11) is 1.71. The molecule has 2 N–H and O–H groups in total. The van der Waals surface area contributed by atoms with Gasteiger partial charge in [-0.3, -0.25) is 9.59 Å². The molecule has 1 atom stereocenters. The van der Waals surface area contributed by atoms with E-state index in [0.29, 0.717) is 16.5 Å². The van der Waals surface area contributed by atoms with E-state index in [0.717, 1.165) is 0 Å². The Hall–Kier alpha value is -1.77. The molecule has 1 heterocycles. The maximum Gasteiger partial charge on any atom is 0.325 e. The van der Waals surface area contributed by atoms with Crippen molar-refractivity contribution < 1.29 is 43.4 Å². The molecule has 0 bridgehead atoms. The van der Waals surface area contributed by atoms with Gasteiger partial charge in [-0.2, -0.15) is 0 Å². The number of halogens is 1. The zero-order valence-corrected chi connectivity index (χ0v) is 13.2. The Morgan fingerprint density at radius 1 is 1.35 bits per heavy atom. The highest BCUT2D eigenvalue weighted by molar-refractivity contribution is 6.06. The van der Waals surface area contributed by atoms with Crippen LogP contribution in [-0.4, -0.2) is 28.1 Å². The van der Waals surface area contributed by atoms with E-state index >= 15 is 0 Å². The van der Waals surface area contributed by atoms with Crippen LogP contribution < -0.4 is 34.0 Å². The molecule has 0 saturated carbocycles. The van der Waals surface area contributed by atoms with Crippen LogP contribution in [0.4, 0.5) is 0 Å². The number of nitrogens with zero attached hydrogens (tertiary/aromatic N) is 2. The van der Waals surface area contributed by atoms with Crippen LogP contribution in [0.3, 0.4) is 0 Å². The van der Waals surface area contributed by atoms with Gasteiger partial charge in [-0.05, 0) is 18.1 Å². The fraction of sp³-hybridized carbons (Fsp3) is 0.231. The van der Waals surface area contributed by atoms with Gasteiger partial charge in [0.25, 0.3) is 5.91 Å². The van der Waals surface area contributed by atoms with E-state index in [-0.39, 0.29) is 24.0 Å². The Bertz CT molecular complexity index is 660. The lowest BCUT2D eigenvalue weighted by molar-refractivity contribution is -0.728. The van der Waals surface area contributed by atoms with Crippen LogP contribution in [0.2, 0.25) is 0 Å². The number of carbonyl (C=O) groups is 2. The van der Waals surface area contributed by atoms with Crippen molar-refractivity contribution in [3.05, 3.63) is 36.0 Å². The maximum absolute atomic E-state index is 12.1. The summed E-state index contributed by atoms with van der Waals surface area (Å²) >= 11 is 0. The lowest BCUT2D eigenvalue weighted by Gasteiger charge is -2.09. The van der Waals surface area contributed by atoms with Gasteiger partial charge in [-0.15, -0.1) is 0 Å². The van der Waals surface area contributed by atoms with Gasteiger partial charge in [0, 0.05) is 5.39 Å². The summed E-state index contributed by atoms with van der Waals surface area (Å²) in [6.45, 7) is 1.42. The van der Waals surface area contributed by atoms with Crippen LogP contribution in [0.1, 0.15) is 17.3 Å². The van der Waals surface area contributed by atoms with E-state index in [1.807, 2.05) is 6.07 Å². The van der Waals surface area contributed by atoms with E-state index in [9.17, 15) is 9.59 Å². The van der Waals surface area contributed by atoms with E-state index < -0.39 is 17.9 Å². The van der Waals surface area contributed by atoms with Gasteiger partial charge in [0.2, 0.25) is 6.20 Å². The smallest absolute Gasteiger partial charge is 0.325 e. The average molecular weight is 387 g/mol. The predicted molar refractivity (Wildman–Crippen MR) is 67.5 cm³/mol. The highest BCUT2D eigenvalue weighted by Gasteiger charge is 2.20. The first-order chi connectivity index (χ1) is 8.99. The Labute approximate surface area is 132 Å². The van der Waals surface area contributed by atoms with Crippen molar-refractivity contribution >= 4 is 22.8 Å². The first-order valence-corrected chi connectivity index (χ1v) is 5.78. The molecular formula is C13H14IN3O3. The molecule has 106 valence electrons. The molecule has 2 rings (SSSR count). The number of rotatable bonds is 3. The lowest BCUT2D eigenvalue weighted by Crippen LogP contribution is -3.00. The van der Waals surface area contributed by atoms with Crippen molar-refractivity contribution in [2.24, 2.45) is 7.05 Å². The van der Waals surface area contributed by atoms with Crippen LogP contribution >= 0.6 is 0 Å². The number of aryl methyl sites for hydroxylation is 1. The third kappa shape index (κ3) is 3.41. The molecule has 0 radical (unpaired) electrons. The molecular weight excluding hydrogens is 373 g/mol. The molecule has 0 aliphatic carbocycles. The summed E-state index contributed by atoms with van der Waals surface area (Å²) in [6.07, 6.45) is 1.58. The molecule has 1 aromatic carbocycles. The normalized spacial score (nSPS) is 11.5. The Morgan fingerprint density at radius 3 is 2.65 bits per heavy atom. The number of aliphatic carboxylic acids is 1. The molecule has 6 nitrogen and oxygen atoms in total. The number of aromatic nitrogens is 2. The minimum Gasteiger partial charge on any atom is -1.00 e. The number of amides is 1. The zero-order chi connectivity index (χ0) is 14.0. The topological polar surface area (TPSA) is 83.2 Å². The molecule has 0 aliphatic heterocycles. The number of carbonyl (C=O) groups excluding carboxylic acids is 1. The Kier molecular flexibility index (Phi) is 5.37. The summed E-state index contributed by atoms with van der Waals surface area (Å²) in [5.74, 6) is -1.50. The second kappa shape index (κ2) is 6.60. The van der Waals surface area contributed by atoms with E-state index in [1.54, 1.807) is 31.4 Å². The van der Waals surface area contributed by atoms with Crippen molar-refractivity contribution in [1.29, 1.82) is 0 Å². The molecule has 1 aromatic heterocycles. The third-order valence-electron chi connectivity index (χ3n) is 2.74. The standard InChI is InChI=1S/C13H13N3O3.HI/c1-8(13(18)19)14-12(17)10-7-16(2)15-11-6-4-3-5-9(10)11;/h3-8H,1-2H3,(H-,14,17,18,19);1H/t8-;/m1./s1. The molecule has 20 heavy (non-hydrogen) atoms.